The topological polar surface area (TPSA) is 65.2 Å². The molecule has 3 aromatic rings. The number of fused-ring (bicyclic) bond motifs is 1. The smallest absolute Gasteiger partial charge is 0.322 e. The second-order valence-electron chi connectivity index (χ2n) is 6.80. The van der Waals surface area contributed by atoms with Crippen LogP contribution in [0.2, 0.25) is 0 Å². The number of para-hydroxylation sites is 1. The van der Waals surface area contributed by atoms with Gasteiger partial charge < -0.3 is 15.2 Å². The highest BCUT2D eigenvalue weighted by Gasteiger charge is 2.16. The summed E-state index contributed by atoms with van der Waals surface area (Å²) in [6.07, 6.45) is 0.835. The largest absolute Gasteiger partial charge is 0.322 e. The Hall–Kier alpha value is -3.08. The first-order valence-corrected chi connectivity index (χ1v) is 9.22. The number of H-pyrrole nitrogens is 1. The molecule has 2 aromatic carbocycles. The fraction of sp³-hybridized carbons (Fsp3) is 0.273. The van der Waals surface area contributed by atoms with Crippen molar-refractivity contribution in [3.05, 3.63) is 75.6 Å². The van der Waals surface area contributed by atoms with E-state index >= 15 is 0 Å². The number of carbonyl (C=O) groups excluding carboxylic acids is 1. The van der Waals surface area contributed by atoms with Crippen LogP contribution < -0.4 is 10.9 Å². The van der Waals surface area contributed by atoms with Crippen molar-refractivity contribution in [1.82, 2.24) is 9.88 Å². The van der Waals surface area contributed by atoms with E-state index in [1.807, 2.05) is 63.2 Å². The van der Waals surface area contributed by atoms with Gasteiger partial charge in [-0.3, -0.25) is 4.79 Å². The number of aryl methyl sites for hydroxylation is 1. The third kappa shape index (κ3) is 4.19. The molecular formula is C22H25N3O2. The number of nitrogens with zero attached hydrogens (tertiary/aromatic N) is 1. The molecular weight excluding hydrogens is 338 g/mol. The van der Waals surface area contributed by atoms with Gasteiger partial charge in [-0.1, -0.05) is 37.3 Å². The lowest BCUT2D eigenvalue weighted by Gasteiger charge is -2.24. The fourth-order valence-corrected chi connectivity index (χ4v) is 3.22. The van der Waals surface area contributed by atoms with Crippen LogP contribution in [-0.2, 0) is 6.54 Å². The first-order valence-electron chi connectivity index (χ1n) is 9.22. The summed E-state index contributed by atoms with van der Waals surface area (Å²) in [6, 6.07) is 15.0. The summed E-state index contributed by atoms with van der Waals surface area (Å²) >= 11 is 0. The second kappa shape index (κ2) is 8.08. The van der Waals surface area contributed by atoms with E-state index in [4.69, 9.17) is 0 Å². The zero-order valence-corrected chi connectivity index (χ0v) is 16.0. The Balaban J connectivity index is 1.89. The molecule has 0 atom stereocenters. The van der Waals surface area contributed by atoms with E-state index in [9.17, 15) is 9.59 Å². The van der Waals surface area contributed by atoms with Crippen molar-refractivity contribution in [2.45, 2.75) is 33.7 Å². The first kappa shape index (κ1) is 18.7. The van der Waals surface area contributed by atoms with Crippen LogP contribution in [0, 0.1) is 13.8 Å². The zero-order chi connectivity index (χ0) is 19.4. The molecule has 1 heterocycles. The minimum Gasteiger partial charge on any atom is -0.322 e. The van der Waals surface area contributed by atoms with Gasteiger partial charge in [0.2, 0.25) is 5.56 Å². The molecule has 0 saturated carbocycles. The van der Waals surface area contributed by atoms with Crippen molar-refractivity contribution in [3.63, 3.8) is 0 Å². The highest BCUT2D eigenvalue weighted by molar-refractivity contribution is 5.91. The number of anilines is 1. The number of aromatic nitrogens is 1. The zero-order valence-electron chi connectivity index (χ0n) is 16.0. The van der Waals surface area contributed by atoms with E-state index in [0.29, 0.717) is 13.1 Å². The van der Waals surface area contributed by atoms with Crippen LogP contribution >= 0.6 is 0 Å². The minimum absolute atomic E-state index is 0.157. The van der Waals surface area contributed by atoms with Crippen LogP contribution in [0.15, 0.2) is 53.3 Å². The summed E-state index contributed by atoms with van der Waals surface area (Å²) in [5.41, 5.74) is 4.48. The van der Waals surface area contributed by atoms with Crippen LogP contribution in [0.1, 0.15) is 30.0 Å². The van der Waals surface area contributed by atoms with Gasteiger partial charge in [-0.2, -0.15) is 0 Å². The van der Waals surface area contributed by atoms with Crippen molar-refractivity contribution in [1.29, 1.82) is 0 Å². The number of hydrogen-bond acceptors (Lipinski definition) is 2. The van der Waals surface area contributed by atoms with E-state index in [-0.39, 0.29) is 11.6 Å². The van der Waals surface area contributed by atoms with Crippen LogP contribution in [-0.4, -0.2) is 22.5 Å². The molecule has 2 amide bonds. The third-order valence-electron chi connectivity index (χ3n) is 4.82. The second-order valence-corrected chi connectivity index (χ2v) is 6.80. The van der Waals surface area contributed by atoms with Gasteiger partial charge in [-0.15, -0.1) is 0 Å². The van der Waals surface area contributed by atoms with Gasteiger partial charge in [0, 0.05) is 35.7 Å². The first-order chi connectivity index (χ1) is 13.0. The van der Waals surface area contributed by atoms with E-state index in [1.165, 1.54) is 0 Å². The van der Waals surface area contributed by atoms with Gasteiger partial charge in [0.05, 0.1) is 0 Å². The van der Waals surface area contributed by atoms with Gasteiger partial charge in [0.15, 0.2) is 0 Å². The molecule has 0 fully saturated rings. The Morgan fingerprint density at radius 1 is 1.11 bits per heavy atom. The number of aromatic amines is 1. The number of amides is 2. The summed E-state index contributed by atoms with van der Waals surface area (Å²) in [4.78, 5) is 29.5. The number of urea groups is 1. The standard InChI is InChI=1S/C22H25N3O2/c1-4-12-25(22(27)24-19-11-7-8-15(2)16(19)3)14-17-13-21(26)23-20-10-6-5-9-18(17)20/h5-11,13H,4,12,14H2,1-3H3,(H,23,26)(H,24,27). The highest BCUT2D eigenvalue weighted by atomic mass is 16.2. The van der Waals surface area contributed by atoms with E-state index in [0.717, 1.165) is 39.7 Å². The highest BCUT2D eigenvalue weighted by Crippen LogP contribution is 2.20. The summed E-state index contributed by atoms with van der Waals surface area (Å²) in [5, 5.41) is 3.98. The van der Waals surface area contributed by atoms with Crippen LogP contribution in [0.5, 0.6) is 0 Å². The van der Waals surface area contributed by atoms with Crippen molar-refractivity contribution >= 4 is 22.6 Å². The van der Waals surface area contributed by atoms with E-state index in [2.05, 4.69) is 10.3 Å². The number of benzene rings is 2. The van der Waals surface area contributed by atoms with Crippen molar-refractivity contribution in [3.8, 4) is 0 Å². The SMILES string of the molecule is CCCN(Cc1cc(=O)[nH]c2ccccc12)C(=O)Nc1cccc(C)c1C. The summed E-state index contributed by atoms with van der Waals surface area (Å²) < 4.78 is 0. The fourth-order valence-electron chi connectivity index (χ4n) is 3.22. The Labute approximate surface area is 159 Å². The van der Waals surface area contributed by atoms with Crippen LogP contribution in [0.4, 0.5) is 10.5 Å². The molecule has 0 aliphatic rings. The molecule has 0 aliphatic heterocycles. The number of rotatable bonds is 5. The molecule has 5 nitrogen and oxygen atoms in total. The molecule has 2 N–H and O–H groups in total. The Kier molecular flexibility index (Phi) is 5.60. The number of carbonyl (C=O) groups is 1. The summed E-state index contributed by atoms with van der Waals surface area (Å²) in [5.74, 6) is 0. The maximum absolute atomic E-state index is 12.9. The molecule has 140 valence electrons. The average molecular weight is 363 g/mol. The summed E-state index contributed by atoms with van der Waals surface area (Å²) in [6.45, 7) is 7.05. The lowest BCUT2D eigenvalue weighted by molar-refractivity contribution is 0.209. The van der Waals surface area contributed by atoms with Gasteiger partial charge in [-0.05, 0) is 49.1 Å². The normalized spacial score (nSPS) is 10.8. The number of pyridine rings is 1. The minimum atomic E-state index is -0.157. The molecule has 0 unspecified atom stereocenters. The van der Waals surface area contributed by atoms with Crippen LogP contribution in [0.25, 0.3) is 10.9 Å². The van der Waals surface area contributed by atoms with Crippen molar-refractivity contribution in [2.24, 2.45) is 0 Å². The third-order valence-corrected chi connectivity index (χ3v) is 4.82. The van der Waals surface area contributed by atoms with E-state index < -0.39 is 0 Å². The summed E-state index contributed by atoms with van der Waals surface area (Å²) in [7, 11) is 0. The molecule has 0 radical (unpaired) electrons. The molecule has 0 spiro atoms. The van der Waals surface area contributed by atoms with Crippen molar-refractivity contribution in [2.75, 3.05) is 11.9 Å². The Morgan fingerprint density at radius 3 is 2.67 bits per heavy atom. The monoisotopic (exact) mass is 363 g/mol. The van der Waals surface area contributed by atoms with Gasteiger partial charge in [-0.25, -0.2) is 4.79 Å². The maximum Gasteiger partial charge on any atom is 0.322 e. The lowest BCUT2D eigenvalue weighted by atomic mass is 10.1. The number of hydrogen-bond donors (Lipinski definition) is 2. The molecule has 3 rings (SSSR count). The van der Waals surface area contributed by atoms with Gasteiger partial charge >= 0.3 is 6.03 Å². The molecule has 1 aromatic heterocycles. The van der Waals surface area contributed by atoms with Gasteiger partial charge in [0.25, 0.3) is 0 Å². The molecule has 0 aliphatic carbocycles. The quantitative estimate of drug-likeness (QED) is 0.696. The lowest BCUT2D eigenvalue weighted by Crippen LogP contribution is -2.35. The predicted molar refractivity (Wildman–Crippen MR) is 110 cm³/mol. The van der Waals surface area contributed by atoms with Crippen LogP contribution in [0.3, 0.4) is 0 Å². The predicted octanol–water partition coefficient (Wildman–Crippen LogP) is 4.59. The van der Waals surface area contributed by atoms with Gasteiger partial charge in [0.1, 0.15) is 0 Å². The average Bonchev–Trinajstić information content (AvgIpc) is 2.65. The molecule has 27 heavy (non-hydrogen) atoms. The van der Waals surface area contributed by atoms with Crippen molar-refractivity contribution < 1.29 is 4.79 Å². The Bertz CT molecular complexity index is 1020. The van der Waals surface area contributed by atoms with E-state index in [1.54, 1.807) is 11.0 Å². The Morgan fingerprint density at radius 2 is 1.89 bits per heavy atom. The molecule has 0 bridgehead atoms. The molecule has 5 heteroatoms. The number of nitrogens with one attached hydrogen (secondary N) is 2. The maximum atomic E-state index is 12.9. The molecule has 0 saturated heterocycles.